The van der Waals surface area contributed by atoms with Gasteiger partial charge in [0.25, 0.3) is 0 Å². The molecule has 0 radical (unpaired) electrons. The van der Waals surface area contributed by atoms with E-state index in [1.54, 1.807) is 13.8 Å². The average molecular weight is 507 g/mol. The first-order valence-corrected chi connectivity index (χ1v) is 15.7. The molecule has 0 saturated heterocycles. The van der Waals surface area contributed by atoms with E-state index in [1.807, 2.05) is 6.92 Å². The Morgan fingerprint density at radius 1 is 1.29 bits per heavy atom. The molecule has 0 nitrogen and oxygen atoms in total. The first-order chi connectivity index (χ1) is 16.2. The van der Waals surface area contributed by atoms with Gasteiger partial charge in [0.15, 0.2) is 0 Å². The molecule has 0 bridgehead atoms. The van der Waals surface area contributed by atoms with Crippen molar-refractivity contribution in [3.8, 4) is 12.3 Å². The zero-order valence-corrected chi connectivity index (χ0v) is 23.9. The highest BCUT2D eigenvalue weighted by Crippen LogP contribution is 2.62. The highest BCUT2D eigenvalue weighted by atomic mass is 31.2. The van der Waals surface area contributed by atoms with Crippen LogP contribution in [0.2, 0.25) is 0 Å². The van der Waals surface area contributed by atoms with Crippen LogP contribution in [0.3, 0.4) is 0 Å². The molecule has 2 rings (SSSR count). The van der Waals surface area contributed by atoms with Crippen LogP contribution in [-0.2, 0) is 0 Å². The summed E-state index contributed by atoms with van der Waals surface area (Å²) >= 11 is 0. The third-order valence-electron chi connectivity index (χ3n) is 7.79. The molecule has 35 heavy (non-hydrogen) atoms. The summed E-state index contributed by atoms with van der Waals surface area (Å²) in [4.78, 5) is 0. The van der Waals surface area contributed by atoms with E-state index in [2.05, 4.69) is 57.7 Å². The van der Waals surface area contributed by atoms with Gasteiger partial charge in [0, 0.05) is 12.8 Å². The smallest absolute Gasteiger partial charge is 0.245 e. The fraction of sp³-hybridized carbons (Fsp3) is 0.645. The predicted molar refractivity (Wildman–Crippen MR) is 151 cm³/mol. The lowest BCUT2D eigenvalue weighted by atomic mass is 9.84. The molecule has 2 atom stereocenters. The maximum absolute atomic E-state index is 14.4. The Kier molecular flexibility index (Phi) is 10.4. The van der Waals surface area contributed by atoms with Gasteiger partial charge in [-0.3, -0.25) is 0 Å². The molecule has 1 saturated carbocycles. The number of allylic oxidation sites excluding steroid dienone is 8. The normalized spacial score (nSPS) is 25.5. The van der Waals surface area contributed by atoms with Gasteiger partial charge < -0.3 is 0 Å². The van der Waals surface area contributed by atoms with Crippen LogP contribution >= 0.6 is 6.89 Å². The van der Waals surface area contributed by atoms with Gasteiger partial charge in [-0.15, -0.1) is 6.42 Å². The summed E-state index contributed by atoms with van der Waals surface area (Å²) in [7, 11) is 0. The van der Waals surface area contributed by atoms with Gasteiger partial charge in [0.2, 0.25) is 5.92 Å². The zero-order valence-electron chi connectivity index (χ0n) is 23.0. The Bertz CT molecular complexity index is 966. The monoisotopic (exact) mass is 506 g/mol. The van der Waals surface area contributed by atoms with E-state index in [1.165, 1.54) is 21.8 Å². The summed E-state index contributed by atoms with van der Waals surface area (Å²) in [6.45, 7) is 12.6. The maximum atomic E-state index is 14.4. The third kappa shape index (κ3) is 8.60. The highest BCUT2D eigenvalue weighted by molar-refractivity contribution is 7.80. The number of terminal acetylenes is 1. The van der Waals surface area contributed by atoms with Crippen LogP contribution in [0.4, 0.5) is 13.2 Å². The van der Waals surface area contributed by atoms with Crippen molar-refractivity contribution in [2.75, 3.05) is 12.8 Å². The molecule has 2 aliphatic rings. The first kappa shape index (κ1) is 29.8. The highest BCUT2D eigenvalue weighted by Gasteiger charge is 2.35. The van der Waals surface area contributed by atoms with E-state index < -0.39 is 18.5 Å². The predicted octanol–water partition coefficient (Wildman–Crippen LogP) is 9.95. The molecule has 1 aliphatic heterocycles. The summed E-state index contributed by atoms with van der Waals surface area (Å²) in [6, 6.07) is 0. The van der Waals surface area contributed by atoms with Gasteiger partial charge in [-0.2, -0.15) is 0 Å². The van der Waals surface area contributed by atoms with Crippen LogP contribution in [0.15, 0.2) is 46.3 Å². The molecule has 0 N–H and O–H groups in total. The van der Waals surface area contributed by atoms with Gasteiger partial charge in [-0.05, 0) is 124 Å². The zero-order chi connectivity index (χ0) is 26.4. The number of hydrogen-bond acceptors (Lipinski definition) is 0. The van der Waals surface area contributed by atoms with Crippen molar-refractivity contribution in [3.05, 3.63) is 46.3 Å². The Morgan fingerprint density at radius 2 is 1.91 bits per heavy atom. The molecule has 0 spiro atoms. The second-order valence-electron chi connectivity index (χ2n) is 11.5. The van der Waals surface area contributed by atoms with E-state index in [4.69, 9.17) is 6.42 Å². The summed E-state index contributed by atoms with van der Waals surface area (Å²) in [6.07, 6.45) is 20.0. The van der Waals surface area contributed by atoms with Crippen LogP contribution in [-0.4, -0.2) is 29.7 Å². The summed E-state index contributed by atoms with van der Waals surface area (Å²) in [5.74, 6) is 0.816. The van der Waals surface area contributed by atoms with E-state index in [0.717, 1.165) is 31.0 Å². The number of halogens is 3. The first-order valence-electron chi connectivity index (χ1n) is 13.2. The molecule has 0 aromatic rings. The number of hydrogen-bond donors (Lipinski definition) is 0. The van der Waals surface area contributed by atoms with Crippen molar-refractivity contribution in [2.24, 2.45) is 11.8 Å². The Morgan fingerprint density at radius 3 is 2.46 bits per heavy atom. The molecule has 2 unspecified atom stereocenters. The van der Waals surface area contributed by atoms with E-state index in [0.29, 0.717) is 25.2 Å². The van der Waals surface area contributed by atoms with Crippen LogP contribution in [0.1, 0.15) is 92.9 Å². The van der Waals surface area contributed by atoms with Crippen molar-refractivity contribution in [3.63, 3.8) is 0 Å². The molecule has 1 heterocycles. The topological polar surface area (TPSA) is 0 Å². The number of rotatable bonds is 10. The molecule has 0 aromatic heterocycles. The lowest BCUT2D eigenvalue weighted by molar-refractivity contribution is -0.0453. The average Bonchev–Trinajstić information content (AvgIpc) is 3.07. The second-order valence-corrected chi connectivity index (χ2v) is 15.4. The summed E-state index contributed by atoms with van der Waals surface area (Å²) < 4.78 is 41.8. The molecular formula is C31H46F3P. The van der Waals surface area contributed by atoms with Crippen molar-refractivity contribution in [2.45, 2.75) is 105 Å². The van der Waals surface area contributed by atoms with Gasteiger partial charge in [0.1, 0.15) is 5.67 Å². The lowest BCUT2D eigenvalue weighted by Gasteiger charge is -2.32. The van der Waals surface area contributed by atoms with Crippen LogP contribution in [0.25, 0.3) is 0 Å². The van der Waals surface area contributed by atoms with E-state index in [9.17, 15) is 13.2 Å². The van der Waals surface area contributed by atoms with E-state index >= 15 is 0 Å². The van der Waals surface area contributed by atoms with Gasteiger partial charge in [-0.25, -0.2) is 13.2 Å². The SMILES string of the molecule is C#C/C(C)=C\C(=C/CC)C1=CC(C)=P(C)(/C(=C\CC2CCC(F)(F)CC2)C(C)CCC(C)(C)F)C1. The number of alkyl halides is 3. The fourth-order valence-corrected chi connectivity index (χ4v) is 9.22. The Hall–Kier alpha value is -1.39. The largest absolute Gasteiger partial charge is 0.248 e. The van der Waals surface area contributed by atoms with E-state index in [-0.39, 0.29) is 18.8 Å². The van der Waals surface area contributed by atoms with Crippen molar-refractivity contribution in [1.29, 1.82) is 0 Å². The van der Waals surface area contributed by atoms with Crippen LogP contribution in [0, 0.1) is 24.2 Å². The molecule has 1 aliphatic carbocycles. The minimum absolute atomic E-state index is 0.00172. The second kappa shape index (κ2) is 12.2. The van der Waals surface area contributed by atoms with Gasteiger partial charge in [0.05, 0.1) is 0 Å². The third-order valence-corrected chi connectivity index (χ3v) is 12.2. The molecular weight excluding hydrogens is 460 g/mol. The Labute approximate surface area is 213 Å². The fourth-order valence-electron chi connectivity index (χ4n) is 5.37. The Balaban J connectivity index is 2.36. The molecule has 0 aromatic carbocycles. The van der Waals surface area contributed by atoms with Gasteiger partial charge in [-0.1, -0.05) is 44.9 Å². The summed E-state index contributed by atoms with van der Waals surface area (Å²) in [5, 5.41) is 2.85. The maximum Gasteiger partial charge on any atom is 0.248 e. The van der Waals surface area contributed by atoms with Crippen LogP contribution in [0.5, 0.6) is 0 Å². The minimum atomic E-state index is -2.50. The van der Waals surface area contributed by atoms with Gasteiger partial charge >= 0.3 is 0 Å². The lowest BCUT2D eigenvalue weighted by Crippen LogP contribution is -2.24. The van der Waals surface area contributed by atoms with Crippen LogP contribution < -0.4 is 0 Å². The minimum Gasteiger partial charge on any atom is -0.245 e. The molecule has 4 heteroatoms. The quantitative estimate of drug-likeness (QED) is 0.157. The van der Waals surface area contributed by atoms with Crippen molar-refractivity contribution < 1.29 is 13.2 Å². The van der Waals surface area contributed by atoms with Crippen molar-refractivity contribution >= 4 is 12.2 Å². The molecule has 0 amide bonds. The molecule has 1 fully saturated rings. The molecule has 196 valence electrons. The van der Waals surface area contributed by atoms with Crippen molar-refractivity contribution in [1.82, 2.24) is 0 Å². The summed E-state index contributed by atoms with van der Waals surface area (Å²) in [5.41, 5.74) is 2.26. The standard InChI is InChI=1S/C31H46F3P/c1-9-11-27(20-23(3)10-2)28-21-25(5)35(8,22-28)29(24(4)14-17-30(6,7)32)13-12-26-15-18-31(33,34)19-16-26/h2,11,13,20-21,24,26H,9,12,14-19,22H2,1,3-8H3/b23-20-,27-11+,29-13-.